The Balaban J connectivity index is 2.36. The summed E-state index contributed by atoms with van der Waals surface area (Å²) < 4.78 is 32.5. The molecule has 8 heteroatoms. The molecule has 1 aromatic rings. The van der Waals surface area contributed by atoms with Crippen molar-refractivity contribution in [2.45, 2.75) is 43.8 Å². The quantitative estimate of drug-likeness (QED) is 0.776. The Kier molecular flexibility index (Phi) is 3.83. The molecule has 20 heavy (non-hydrogen) atoms. The topological polar surface area (TPSA) is 72.4 Å². The molecule has 0 spiro atoms. The van der Waals surface area contributed by atoms with Crippen LogP contribution in [0.5, 0.6) is 0 Å². The van der Waals surface area contributed by atoms with Gasteiger partial charge in [-0.3, -0.25) is 0 Å². The Morgan fingerprint density at radius 1 is 1.15 bits per heavy atom. The van der Waals surface area contributed by atoms with E-state index in [1.807, 2.05) is 27.7 Å². The van der Waals surface area contributed by atoms with Crippen molar-refractivity contribution >= 4 is 21.6 Å². The van der Waals surface area contributed by atoms with E-state index in [2.05, 4.69) is 9.97 Å². The lowest BCUT2D eigenvalue weighted by Gasteiger charge is -2.46. The van der Waals surface area contributed by atoms with E-state index in [0.717, 1.165) is 0 Å². The van der Waals surface area contributed by atoms with Gasteiger partial charge in [-0.25, -0.2) is 18.4 Å². The molecule has 1 saturated heterocycles. The normalized spacial score (nSPS) is 22.6. The van der Waals surface area contributed by atoms with E-state index in [1.54, 1.807) is 0 Å². The highest BCUT2D eigenvalue weighted by Crippen LogP contribution is 2.31. The van der Waals surface area contributed by atoms with Gasteiger partial charge < -0.3 is 4.74 Å². The largest absolute Gasteiger partial charge is 0.367 e. The van der Waals surface area contributed by atoms with Gasteiger partial charge in [-0.05, 0) is 39.3 Å². The summed E-state index contributed by atoms with van der Waals surface area (Å²) in [6.45, 7) is 8.04. The third-order valence-electron chi connectivity index (χ3n) is 2.90. The van der Waals surface area contributed by atoms with Crippen molar-refractivity contribution in [2.75, 3.05) is 13.1 Å². The summed E-state index contributed by atoms with van der Waals surface area (Å²) in [4.78, 5) is 7.50. The van der Waals surface area contributed by atoms with Crippen LogP contribution in [0.25, 0.3) is 0 Å². The molecular formula is C12H18ClN3O3S. The van der Waals surface area contributed by atoms with Crippen molar-refractivity contribution in [3.05, 3.63) is 17.7 Å². The minimum Gasteiger partial charge on any atom is -0.367 e. The molecule has 1 aliphatic heterocycles. The number of ether oxygens (including phenoxy) is 1. The molecule has 0 saturated carbocycles. The van der Waals surface area contributed by atoms with E-state index < -0.39 is 21.2 Å². The van der Waals surface area contributed by atoms with Gasteiger partial charge in [0.05, 0.1) is 23.6 Å². The molecule has 1 aromatic heterocycles. The zero-order valence-corrected chi connectivity index (χ0v) is 13.5. The summed E-state index contributed by atoms with van der Waals surface area (Å²) in [5, 5.41) is 0.0200. The van der Waals surface area contributed by atoms with Gasteiger partial charge in [0.15, 0.2) is 0 Å². The van der Waals surface area contributed by atoms with Crippen LogP contribution in [0.4, 0.5) is 0 Å². The first-order valence-corrected chi connectivity index (χ1v) is 8.02. The number of sulfonamides is 1. The first kappa shape index (κ1) is 15.6. The number of hydrogen-bond donors (Lipinski definition) is 0. The maximum Gasteiger partial charge on any atom is 0.246 e. The molecule has 0 unspecified atom stereocenters. The average Bonchev–Trinajstić information content (AvgIpc) is 2.25. The van der Waals surface area contributed by atoms with Gasteiger partial charge in [0, 0.05) is 13.1 Å². The summed E-state index contributed by atoms with van der Waals surface area (Å²) in [6.07, 6.45) is 2.44. The van der Waals surface area contributed by atoms with E-state index in [9.17, 15) is 8.42 Å². The molecule has 0 radical (unpaired) electrons. The predicted octanol–water partition coefficient (Wildman–Crippen LogP) is 1.71. The molecule has 0 atom stereocenters. The number of morpholine rings is 1. The molecule has 1 fully saturated rings. The van der Waals surface area contributed by atoms with Crippen molar-refractivity contribution < 1.29 is 13.2 Å². The number of nitrogens with zero attached hydrogens (tertiary/aromatic N) is 3. The second-order valence-electron chi connectivity index (χ2n) is 6.08. The van der Waals surface area contributed by atoms with Crippen LogP contribution < -0.4 is 0 Å². The van der Waals surface area contributed by atoms with Gasteiger partial charge in [0.25, 0.3) is 0 Å². The second kappa shape index (κ2) is 4.91. The molecule has 2 rings (SSSR count). The fraction of sp³-hybridized carbons (Fsp3) is 0.667. The molecule has 6 nitrogen and oxygen atoms in total. The highest BCUT2D eigenvalue weighted by atomic mass is 35.5. The van der Waals surface area contributed by atoms with E-state index in [-0.39, 0.29) is 23.3 Å². The average molecular weight is 320 g/mol. The van der Waals surface area contributed by atoms with Crippen molar-refractivity contribution in [3.63, 3.8) is 0 Å². The smallest absolute Gasteiger partial charge is 0.246 e. The zero-order valence-electron chi connectivity index (χ0n) is 11.9. The third-order valence-corrected chi connectivity index (χ3v) is 4.84. The Labute approximate surface area is 124 Å². The molecule has 112 valence electrons. The monoisotopic (exact) mass is 319 g/mol. The Hall–Kier alpha value is -0.760. The van der Waals surface area contributed by atoms with Crippen LogP contribution in [0, 0.1) is 0 Å². The maximum absolute atomic E-state index is 12.6. The van der Waals surface area contributed by atoms with Crippen molar-refractivity contribution in [1.82, 2.24) is 14.3 Å². The van der Waals surface area contributed by atoms with Crippen LogP contribution in [0.2, 0.25) is 5.28 Å². The molecule has 1 aliphatic rings. The van der Waals surface area contributed by atoms with Gasteiger partial charge in [0.2, 0.25) is 15.3 Å². The van der Waals surface area contributed by atoms with Gasteiger partial charge in [-0.1, -0.05) is 0 Å². The van der Waals surface area contributed by atoms with Crippen LogP contribution in [0.1, 0.15) is 27.7 Å². The van der Waals surface area contributed by atoms with Crippen molar-refractivity contribution in [3.8, 4) is 0 Å². The Morgan fingerprint density at radius 3 is 2.05 bits per heavy atom. The zero-order chi connectivity index (χ0) is 15.2. The second-order valence-corrected chi connectivity index (χ2v) is 8.36. The lowest BCUT2D eigenvalue weighted by molar-refractivity contribution is -0.163. The standard InChI is InChI=1S/C12H18ClN3O3S/c1-11(2)7-16(8-12(3,4)19-11)20(17,18)9-5-14-10(13)15-6-9/h5-6H,7-8H2,1-4H3. The van der Waals surface area contributed by atoms with Crippen molar-refractivity contribution in [2.24, 2.45) is 0 Å². The van der Waals surface area contributed by atoms with E-state index in [1.165, 1.54) is 16.7 Å². The van der Waals surface area contributed by atoms with Gasteiger partial charge >= 0.3 is 0 Å². The van der Waals surface area contributed by atoms with Crippen LogP contribution in [-0.4, -0.2) is 47.0 Å². The van der Waals surface area contributed by atoms with E-state index >= 15 is 0 Å². The third kappa shape index (κ3) is 3.28. The highest BCUT2D eigenvalue weighted by molar-refractivity contribution is 7.89. The first-order chi connectivity index (χ1) is 9.02. The van der Waals surface area contributed by atoms with Gasteiger partial charge in [0.1, 0.15) is 4.90 Å². The number of aromatic nitrogens is 2. The van der Waals surface area contributed by atoms with Crippen molar-refractivity contribution in [1.29, 1.82) is 0 Å². The van der Waals surface area contributed by atoms with Crippen LogP contribution in [0.15, 0.2) is 17.3 Å². The summed E-state index contributed by atoms with van der Waals surface area (Å²) >= 11 is 5.59. The van der Waals surface area contributed by atoms with Crippen LogP contribution in [-0.2, 0) is 14.8 Å². The molecule has 0 aromatic carbocycles. The van der Waals surface area contributed by atoms with Crippen LogP contribution >= 0.6 is 11.6 Å². The Morgan fingerprint density at radius 2 is 1.60 bits per heavy atom. The fourth-order valence-electron chi connectivity index (χ4n) is 2.47. The number of rotatable bonds is 2. The lowest BCUT2D eigenvalue weighted by atomic mass is 10.0. The predicted molar refractivity (Wildman–Crippen MR) is 75.0 cm³/mol. The summed E-state index contributed by atoms with van der Waals surface area (Å²) in [6, 6.07) is 0. The molecule has 0 amide bonds. The Bertz CT molecular complexity index is 583. The highest BCUT2D eigenvalue weighted by Gasteiger charge is 2.43. The number of halogens is 1. The summed E-state index contributed by atoms with van der Waals surface area (Å²) in [5.41, 5.74) is -1.11. The first-order valence-electron chi connectivity index (χ1n) is 6.20. The van der Waals surface area contributed by atoms with E-state index in [4.69, 9.17) is 16.3 Å². The molecule has 2 heterocycles. The molecule has 0 bridgehead atoms. The fourth-order valence-corrected chi connectivity index (χ4v) is 4.20. The van der Waals surface area contributed by atoms with Gasteiger partial charge in [-0.15, -0.1) is 0 Å². The molecule has 0 N–H and O–H groups in total. The minimum atomic E-state index is -3.65. The van der Waals surface area contributed by atoms with Gasteiger partial charge in [-0.2, -0.15) is 4.31 Å². The number of hydrogen-bond acceptors (Lipinski definition) is 5. The summed E-state index contributed by atoms with van der Waals surface area (Å²) in [7, 11) is -3.65. The lowest BCUT2D eigenvalue weighted by Crippen LogP contribution is -2.58. The van der Waals surface area contributed by atoms with Crippen LogP contribution in [0.3, 0.4) is 0 Å². The summed E-state index contributed by atoms with van der Waals surface area (Å²) in [5.74, 6) is 0. The minimum absolute atomic E-state index is 0.0200. The SMILES string of the molecule is CC1(C)CN(S(=O)(=O)c2cnc(Cl)nc2)CC(C)(C)O1. The molecule has 0 aliphatic carbocycles. The maximum atomic E-state index is 12.6. The van der Waals surface area contributed by atoms with E-state index in [0.29, 0.717) is 0 Å². The molecular weight excluding hydrogens is 302 g/mol.